The van der Waals surface area contributed by atoms with E-state index in [4.69, 9.17) is 16.3 Å². The number of nitro benzene ring substituents is 1. The molecule has 31 heavy (non-hydrogen) atoms. The molecule has 8 heteroatoms. The summed E-state index contributed by atoms with van der Waals surface area (Å²) < 4.78 is 5.21. The van der Waals surface area contributed by atoms with Crippen LogP contribution in [0.25, 0.3) is 0 Å². The summed E-state index contributed by atoms with van der Waals surface area (Å²) in [6.45, 7) is 0. The minimum absolute atomic E-state index is 0.0331. The Bertz CT molecular complexity index is 1160. The smallest absolute Gasteiger partial charge is 0.274 e. The Balaban J connectivity index is 1.73. The Morgan fingerprint density at radius 2 is 1.84 bits per heavy atom. The zero-order valence-corrected chi connectivity index (χ0v) is 17.3. The minimum Gasteiger partial charge on any atom is -0.497 e. The molecule has 0 bridgehead atoms. The Morgan fingerprint density at radius 3 is 2.48 bits per heavy atom. The summed E-state index contributed by atoms with van der Waals surface area (Å²) >= 11 is 5.95. The molecule has 0 saturated carbocycles. The van der Waals surface area contributed by atoms with Gasteiger partial charge in [0, 0.05) is 29.1 Å². The van der Waals surface area contributed by atoms with E-state index < -0.39 is 11.0 Å². The molecular weight excluding hydrogens is 418 g/mol. The number of hydrazone groups is 1. The van der Waals surface area contributed by atoms with Crippen molar-refractivity contribution in [2.75, 3.05) is 7.11 Å². The summed E-state index contributed by atoms with van der Waals surface area (Å²) in [5, 5.41) is 17.8. The number of ether oxygens (including phenoxy) is 1. The van der Waals surface area contributed by atoms with Crippen molar-refractivity contribution in [2.24, 2.45) is 5.10 Å². The number of amides is 1. The van der Waals surface area contributed by atoms with E-state index in [9.17, 15) is 14.9 Å². The van der Waals surface area contributed by atoms with Gasteiger partial charge >= 0.3 is 0 Å². The van der Waals surface area contributed by atoms with E-state index in [2.05, 4.69) is 5.10 Å². The Labute approximate surface area is 183 Å². The van der Waals surface area contributed by atoms with Gasteiger partial charge in [0.15, 0.2) is 0 Å². The van der Waals surface area contributed by atoms with Crippen LogP contribution in [0.2, 0.25) is 5.02 Å². The van der Waals surface area contributed by atoms with E-state index in [1.807, 2.05) is 24.3 Å². The van der Waals surface area contributed by atoms with Gasteiger partial charge < -0.3 is 4.74 Å². The lowest BCUT2D eigenvalue weighted by atomic mass is 9.97. The molecule has 7 nitrogen and oxygen atoms in total. The SMILES string of the molecule is COc1ccc(C2=NN(C(=O)c3ccc(Cl)cc3)[C@@H](c3cccc([N+](=O)[O-])c3)C2)cc1. The first kappa shape index (κ1) is 20.6. The minimum atomic E-state index is -0.472. The van der Waals surface area contributed by atoms with E-state index in [0.29, 0.717) is 34.0 Å². The van der Waals surface area contributed by atoms with Crippen LogP contribution in [0, 0.1) is 10.1 Å². The maximum Gasteiger partial charge on any atom is 0.274 e. The average molecular weight is 436 g/mol. The van der Waals surface area contributed by atoms with Crippen molar-refractivity contribution in [2.45, 2.75) is 12.5 Å². The first-order chi connectivity index (χ1) is 15.0. The van der Waals surface area contributed by atoms with Crippen LogP contribution in [0.15, 0.2) is 77.9 Å². The van der Waals surface area contributed by atoms with Crippen LogP contribution in [0.3, 0.4) is 0 Å². The standard InChI is InChI=1S/C23H18ClN3O4/c1-31-20-11-7-15(8-12-20)21-14-22(17-3-2-4-19(13-17)27(29)30)26(25-21)23(28)16-5-9-18(24)10-6-16/h2-13,22H,14H2,1H3/t22-/m1/s1. The molecular formula is C23H18ClN3O4. The van der Waals surface area contributed by atoms with Gasteiger partial charge in [-0.25, -0.2) is 5.01 Å². The van der Waals surface area contributed by atoms with E-state index in [1.54, 1.807) is 43.5 Å². The van der Waals surface area contributed by atoms with Crippen LogP contribution in [-0.2, 0) is 0 Å². The number of hydrogen-bond donors (Lipinski definition) is 0. The number of nitrogens with zero attached hydrogens (tertiary/aromatic N) is 3. The Kier molecular flexibility index (Phi) is 5.68. The summed E-state index contributed by atoms with van der Waals surface area (Å²) in [6.07, 6.45) is 0.423. The van der Waals surface area contributed by atoms with E-state index in [1.165, 1.54) is 17.1 Å². The van der Waals surface area contributed by atoms with E-state index >= 15 is 0 Å². The van der Waals surface area contributed by atoms with Crippen LogP contribution in [0.5, 0.6) is 5.75 Å². The number of carbonyl (C=O) groups excluding carboxylic acids is 1. The molecule has 0 N–H and O–H groups in total. The van der Waals surface area contributed by atoms with Gasteiger partial charge in [0.2, 0.25) is 0 Å². The monoisotopic (exact) mass is 435 g/mol. The number of hydrogen-bond acceptors (Lipinski definition) is 5. The predicted octanol–water partition coefficient (Wildman–Crippen LogP) is 5.25. The van der Waals surface area contributed by atoms with Crippen LogP contribution < -0.4 is 4.74 Å². The number of non-ortho nitro benzene ring substituents is 1. The predicted molar refractivity (Wildman–Crippen MR) is 118 cm³/mol. The van der Waals surface area contributed by atoms with Crippen LogP contribution in [0.4, 0.5) is 5.69 Å². The van der Waals surface area contributed by atoms with Crippen LogP contribution >= 0.6 is 11.6 Å². The van der Waals surface area contributed by atoms with E-state index in [0.717, 1.165) is 5.56 Å². The third-order valence-electron chi connectivity index (χ3n) is 5.10. The van der Waals surface area contributed by atoms with Gasteiger partial charge in [0.1, 0.15) is 5.75 Å². The lowest BCUT2D eigenvalue weighted by Crippen LogP contribution is -2.27. The van der Waals surface area contributed by atoms with Crippen molar-refractivity contribution < 1.29 is 14.5 Å². The second-order valence-corrected chi connectivity index (χ2v) is 7.44. The van der Waals surface area contributed by atoms with Crippen molar-refractivity contribution in [3.8, 4) is 5.75 Å². The van der Waals surface area contributed by atoms with Gasteiger partial charge in [-0.1, -0.05) is 23.7 Å². The third kappa shape index (κ3) is 4.27. The fourth-order valence-electron chi connectivity index (χ4n) is 3.49. The fraction of sp³-hybridized carbons (Fsp3) is 0.130. The van der Waals surface area contributed by atoms with Gasteiger partial charge in [0.25, 0.3) is 11.6 Å². The molecule has 0 saturated heterocycles. The van der Waals surface area contributed by atoms with Crippen molar-refractivity contribution in [1.82, 2.24) is 5.01 Å². The molecule has 3 aromatic rings. The van der Waals surface area contributed by atoms with Gasteiger partial charge in [-0.05, 0) is 59.7 Å². The molecule has 1 aliphatic heterocycles. The Morgan fingerprint density at radius 1 is 1.13 bits per heavy atom. The maximum atomic E-state index is 13.3. The fourth-order valence-corrected chi connectivity index (χ4v) is 3.61. The molecule has 0 aromatic heterocycles. The first-order valence-electron chi connectivity index (χ1n) is 9.51. The quantitative estimate of drug-likeness (QED) is 0.404. The lowest BCUT2D eigenvalue weighted by molar-refractivity contribution is -0.384. The zero-order chi connectivity index (χ0) is 22.0. The summed E-state index contributed by atoms with van der Waals surface area (Å²) in [4.78, 5) is 24.1. The molecule has 0 unspecified atom stereocenters. The third-order valence-corrected chi connectivity index (χ3v) is 5.35. The molecule has 0 radical (unpaired) electrons. The molecule has 1 atom stereocenters. The zero-order valence-electron chi connectivity index (χ0n) is 16.6. The second-order valence-electron chi connectivity index (χ2n) is 7.00. The highest BCUT2D eigenvalue weighted by Crippen LogP contribution is 2.35. The normalized spacial score (nSPS) is 15.5. The number of nitro groups is 1. The molecule has 4 rings (SSSR count). The van der Waals surface area contributed by atoms with E-state index in [-0.39, 0.29) is 11.6 Å². The van der Waals surface area contributed by atoms with Gasteiger partial charge in [-0.3, -0.25) is 14.9 Å². The molecule has 0 spiro atoms. The number of halogens is 1. The second kappa shape index (κ2) is 8.57. The lowest BCUT2D eigenvalue weighted by Gasteiger charge is -2.22. The summed E-state index contributed by atoms with van der Waals surface area (Å²) in [5.74, 6) is 0.406. The summed E-state index contributed by atoms with van der Waals surface area (Å²) in [6, 6.07) is 19.8. The van der Waals surface area contributed by atoms with Crippen LogP contribution in [0.1, 0.15) is 33.9 Å². The molecule has 3 aromatic carbocycles. The van der Waals surface area contributed by atoms with Gasteiger partial charge in [-0.15, -0.1) is 0 Å². The molecule has 1 amide bonds. The summed E-state index contributed by atoms with van der Waals surface area (Å²) in [7, 11) is 1.59. The number of methoxy groups -OCH3 is 1. The van der Waals surface area contributed by atoms with Gasteiger partial charge in [-0.2, -0.15) is 5.10 Å². The van der Waals surface area contributed by atoms with Gasteiger partial charge in [0.05, 0.1) is 23.8 Å². The van der Waals surface area contributed by atoms with Crippen molar-refractivity contribution >= 4 is 28.9 Å². The molecule has 156 valence electrons. The average Bonchev–Trinajstić information content (AvgIpc) is 3.25. The number of rotatable bonds is 5. The molecule has 0 aliphatic carbocycles. The highest BCUT2D eigenvalue weighted by Gasteiger charge is 2.34. The first-order valence-corrected chi connectivity index (χ1v) is 9.89. The van der Waals surface area contributed by atoms with Crippen molar-refractivity contribution in [1.29, 1.82) is 0 Å². The summed E-state index contributed by atoms with van der Waals surface area (Å²) in [5.41, 5.74) is 2.60. The van der Waals surface area contributed by atoms with Crippen LogP contribution in [-0.4, -0.2) is 28.7 Å². The van der Waals surface area contributed by atoms with Crippen molar-refractivity contribution in [3.63, 3.8) is 0 Å². The molecule has 1 aliphatic rings. The maximum absolute atomic E-state index is 13.3. The highest BCUT2D eigenvalue weighted by molar-refractivity contribution is 6.30. The Hall–Kier alpha value is -3.71. The molecule has 1 heterocycles. The van der Waals surface area contributed by atoms with Crippen molar-refractivity contribution in [3.05, 3.63) is 105 Å². The number of carbonyl (C=O) groups is 1. The highest BCUT2D eigenvalue weighted by atomic mass is 35.5. The topological polar surface area (TPSA) is 85.0 Å². The number of benzene rings is 3. The largest absolute Gasteiger partial charge is 0.497 e. The molecule has 0 fully saturated rings.